The number of carboxylic acids is 1. The van der Waals surface area contributed by atoms with Crippen LogP contribution in [0.5, 0.6) is 0 Å². The number of alkyl carbamates (subject to hydrolysis) is 1. The summed E-state index contributed by atoms with van der Waals surface area (Å²) >= 11 is 0. The van der Waals surface area contributed by atoms with E-state index in [1.807, 2.05) is 24.3 Å². The second-order valence-corrected chi connectivity index (χ2v) is 10.0. The number of amides is 2. The Balaban J connectivity index is 1.19. The monoisotopic (exact) mass is 476 g/mol. The molecule has 2 N–H and O–H groups in total. The lowest BCUT2D eigenvalue weighted by Crippen LogP contribution is -2.43. The number of nitrogens with one attached hydrogen (secondary N) is 1. The van der Waals surface area contributed by atoms with Gasteiger partial charge in [-0.1, -0.05) is 48.5 Å². The Morgan fingerprint density at radius 2 is 1.60 bits per heavy atom. The van der Waals surface area contributed by atoms with Crippen LogP contribution in [0.15, 0.2) is 48.5 Å². The second kappa shape index (κ2) is 10.1. The van der Waals surface area contributed by atoms with Gasteiger partial charge in [-0.15, -0.1) is 0 Å². The Kier molecular flexibility index (Phi) is 6.75. The number of fused-ring (bicyclic) bond motifs is 3. The molecule has 0 bridgehead atoms. The van der Waals surface area contributed by atoms with Gasteiger partial charge in [0, 0.05) is 31.5 Å². The molecule has 35 heavy (non-hydrogen) atoms. The number of hydrogen-bond donors (Lipinski definition) is 2. The molecule has 0 aliphatic heterocycles. The first-order chi connectivity index (χ1) is 17.0. The minimum atomic E-state index is -0.908. The Labute approximate surface area is 205 Å². The highest BCUT2D eigenvalue weighted by atomic mass is 16.5. The van der Waals surface area contributed by atoms with E-state index in [-0.39, 0.29) is 49.8 Å². The van der Waals surface area contributed by atoms with Gasteiger partial charge < -0.3 is 20.1 Å². The van der Waals surface area contributed by atoms with Gasteiger partial charge in [0.25, 0.3) is 0 Å². The van der Waals surface area contributed by atoms with Crippen LogP contribution in [0.3, 0.4) is 0 Å². The van der Waals surface area contributed by atoms with Gasteiger partial charge in [0.05, 0.1) is 6.42 Å². The van der Waals surface area contributed by atoms with E-state index in [9.17, 15) is 14.4 Å². The fraction of sp³-hybridized carbons (Fsp3) is 0.464. The van der Waals surface area contributed by atoms with Crippen molar-refractivity contribution in [2.75, 3.05) is 19.7 Å². The topological polar surface area (TPSA) is 95.9 Å². The Morgan fingerprint density at radius 1 is 0.971 bits per heavy atom. The van der Waals surface area contributed by atoms with E-state index in [0.29, 0.717) is 12.5 Å². The molecular formula is C28H32N2O5. The van der Waals surface area contributed by atoms with Gasteiger partial charge in [-0.25, -0.2) is 4.79 Å². The molecule has 184 valence electrons. The van der Waals surface area contributed by atoms with Crippen molar-refractivity contribution in [3.63, 3.8) is 0 Å². The highest BCUT2D eigenvalue weighted by molar-refractivity contribution is 5.80. The molecule has 2 aromatic rings. The standard InChI is InChI=1S/C28H32N2O5/c31-26(30(14-13-27(32)33)16-18-9-10-18)15-25(19-11-12-19)29-28(34)35-17-24-22-7-3-1-5-20(22)21-6-2-4-8-23(21)24/h1-8,18-19,24-25H,9-17H2,(H,29,34)(H,32,33). The molecule has 5 rings (SSSR count). The Bertz CT molecular complexity index is 1060. The smallest absolute Gasteiger partial charge is 0.407 e. The van der Waals surface area contributed by atoms with Crippen LogP contribution in [-0.2, 0) is 14.3 Å². The Morgan fingerprint density at radius 3 is 2.17 bits per heavy atom. The van der Waals surface area contributed by atoms with Crippen molar-refractivity contribution in [1.29, 1.82) is 0 Å². The van der Waals surface area contributed by atoms with Gasteiger partial charge in [-0.3, -0.25) is 9.59 Å². The first kappa shape index (κ1) is 23.4. The summed E-state index contributed by atoms with van der Waals surface area (Å²) in [5.41, 5.74) is 4.67. The summed E-state index contributed by atoms with van der Waals surface area (Å²) in [4.78, 5) is 38.5. The zero-order valence-electron chi connectivity index (χ0n) is 19.8. The third-order valence-corrected chi connectivity index (χ3v) is 7.36. The highest BCUT2D eigenvalue weighted by Gasteiger charge is 2.36. The van der Waals surface area contributed by atoms with Gasteiger partial charge in [-0.05, 0) is 59.8 Å². The van der Waals surface area contributed by atoms with E-state index < -0.39 is 12.1 Å². The quantitative estimate of drug-likeness (QED) is 0.501. The molecule has 3 aliphatic rings. The maximum absolute atomic E-state index is 13.0. The normalized spacial score (nSPS) is 17.3. The van der Waals surface area contributed by atoms with Crippen molar-refractivity contribution in [2.24, 2.45) is 11.8 Å². The summed E-state index contributed by atoms with van der Waals surface area (Å²) < 4.78 is 5.69. The van der Waals surface area contributed by atoms with Crippen molar-refractivity contribution in [3.8, 4) is 11.1 Å². The number of carboxylic acid groups (broad SMARTS) is 1. The molecule has 0 spiro atoms. The van der Waals surface area contributed by atoms with Crippen molar-refractivity contribution < 1.29 is 24.2 Å². The zero-order valence-corrected chi connectivity index (χ0v) is 19.8. The van der Waals surface area contributed by atoms with Crippen LogP contribution in [0.25, 0.3) is 11.1 Å². The number of hydrogen-bond acceptors (Lipinski definition) is 4. The van der Waals surface area contributed by atoms with E-state index in [1.165, 1.54) is 11.1 Å². The summed E-state index contributed by atoms with van der Waals surface area (Å²) in [6.07, 6.45) is 3.73. The van der Waals surface area contributed by atoms with Crippen LogP contribution >= 0.6 is 0 Å². The fourth-order valence-electron chi connectivity index (χ4n) is 5.10. The summed E-state index contributed by atoms with van der Waals surface area (Å²) in [6, 6.07) is 16.1. The number of nitrogens with zero attached hydrogens (tertiary/aromatic N) is 1. The number of aliphatic carboxylic acids is 1. The molecule has 3 aliphatic carbocycles. The molecule has 7 heteroatoms. The van der Waals surface area contributed by atoms with E-state index in [0.717, 1.165) is 36.8 Å². The molecule has 2 fully saturated rings. The zero-order chi connectivity index (χ0) is 24.4. The molecule has 0 aromatic heterocycles. The first-order valence-corrected chi connectivity index (χ1v) is 12.6. The summed E-state index contributed by atoms with van der Waals surface area (Å²) in [5.74, 6) is -0.272. The van der Waals surface area contributed by atoms with E-state index in [4.69, 9.17) is 9.84 Å². The number of rotatable bonds is 11. The number of benzene rings is 2. The molecule has 1 unspecified atom stereocenters. The van der Waals surface area contributed by atoms with E-state index >= 15 is 0 Å². The van der Waals surface area contributed by atoms with E-state index in [2.05, 4.69) is 29.6 Å². The van der Waals surface area contributed by atoms with Gasteiger partial charge in [0.15, 0.2) is 0 Å². The predicted octanol–water partition coefficient (Wildman–Crippen LogP) is 4.41. The van der Waals surface area contributed by atoms with Gasteiger partial charge in [0.2, 0.25) is 5.91 Å². The summed E-state index contributed by atoms with van der Waals surface area (Å²) in [6.45, 7) is 1.05. The molecular weight excluding hydrogens is 444 g/mol. The van der Waals surface area contributed by atoms with Crippen molar-refractivity contribution in [1.82, 2.24) is 10.2 Å². The highest BCUT2D eigenvalue weighted by Crippen LogP contribution is 2.44. The third kappa shape index (κ3) is 5.66. The summed E-state index contributed by atoms with van der Waals surface area (Å²) in [5, 5.41) is 12.0. The van der Waals surface area contributed by atoms with Crippen molar-refractivity contribution in [3.05, 3.63) is 59.7 Å². The maximum atomic E-state index is 13.0. The van der Waals surface area contributed by atoms with Crippen LogP contribution in [0.4, 0.5) is 4.79 Å². The van der Waals surface area contributed by atoms with Crippen molar-refractivity contribution in [2.45, 2.75) is 50.5 Å². The van der Waals surface area contributed by atoms with Crippen LogP contribution in [0.2, 0.25) is 0 Å². The average Bonchev–Trinajstić information content (AvgIpc) is 3.77. The largest absolute Gasteiger partial charge is 0.481 e. The molecule has 0 heterocycles. The lowest BCUT2D eigenvalue weighted by atomic mass is 9.98. The molecule has 2 saturated carbocycles. The Hall–Kier alpha value is -3.35. The predicted molar refractivity (Wildman–Crippen MR) is 131 cm³/mol. The molecule has 1 atom stereocenters. The fourth-order valence-corrected chi connectivity index (χ4v) is 5.10. The number of carbonyl (C=O) groups is 3. The number of carbonyl (C=O) groups excluding carboxylic acids is 2. The molecule has 0 radical (unpaired) electrons. The molecule has 2 aromatic carbocycles. The van der Waals surface area contributed by atoms with Gasteiger partial charge >= 0.3 is 12.1 Å². The summed E-state index contributed by atoms with van der Waals surface area (Å²) in [7, 11) is 0. The lowest BCUT2D eigenvalue weighted by Gasteiger charge is -2.25. The first-order valence-electron chi connectivity index (χ1n) is 12.6. The molecule has 0 saturated heterocycles. The maximum Gasteiger partial charge on any atom is 0.407 e. The van der Waals surface area contributed by atoms with Crippen LogP contribution < -0.4 is 5.32 Å². The van der Waals surface area contributed by atoms with E-state index in [1.54, 1.807) is 4.90 Å². The van der Waals surface area contributed by atoms with Crippen LogP contribution in [0, 0.1) is 11.8 Å². The average molecular weight is 477 g/mol. The second-order valence-electron chi connectivity index (χ2n) is 10.0. The van der Waals surface area contributed by atoms with Gasteiger partial charge in [-0.2, -0.15) is 0 Å². The van der Waals surface area contributed by atoms with Crippen molar-refractivity contribution >= 4 is 18.0 Å². The minimum absolute atomic E-state index is 0.0146. The minimum Gasteiger partial charge on any atom is -0.481 e. The van der Waals surface area contributed by atoms with Crippen LogP contribution in [-0.4, -0.2) is 53.7 Å². The SMILES string of the molecule is O=C(O)CCN(CC1CC1)C(=O)CC(NC(=O)OCC1c2ccccc2-c2ccccc21)C1CC1. The third-order valence-electron chi connectivity index (χ3n) is 7.36. The van der Waals surface area contributed by atoms with Gasteiger partial charge in [0.1, 0.15) is 6.61 Å². The number of ether oxygens (including phenoxy) is 1. The lowest BCUT2D eigenvalue weighted by molar-refractivity contribution is -0.138. The van der Waals surface area contributed by atoms with Crippen LogP contribution in [0.1, 0.15) is 55.6 Å². The molecule has 7 nitrogen and oxygen atoms in total. The molecule has 2 amide bonds.